The van der Waals surface area contributed by atoms with Crippen molar-refractivity contribution in [2.24, 2.45) is 0 Å². The van der Waals surface area contributed by atoms with Gasteiger partial charge in [-0.15, -0.1) is 0 Å². The van der Waals surface area contributed by atoms with E-state index in [0.717, 1.165) is 24.3 Å². The zero-order chi connectivity index (χ0) is 16.9. The van der Waals surface area contributed by atoms with E-state index in [4.69, 9.17) is 0 Å². The Balaban J connectivity index is 1.92. The molecule has 1 aliphatic rings. The van der Waals surface area contributed by atoms with Crippen molar-refractivity contribution in [1.29, 1.82) is 0 Å². The predicted molar refractivity (Wildman–Crippen MR) is 92.9 cm³/mol. The number of hydrogen-bond donors (Lipinski definition) is 2. The molecule has 0 bridgehead atoms. The van der Waals surface area contributed by atoms with Crippen LogP contribution in [0.4, 0.5) is 5.69 Å². The quantitative estimate of drug-likeness (QED) is 0.889. The third-order valence-electron chi connectivity index (χ3n) is 4.31. The number of nitrogens with one attached hydrogen (secondary N) is 1. The van der Waals surface area contributed by atoms with Crippen molar-refractivity contribution in [2.45, 2.75) is 6.04 Å². The molecular weight excluding hydrogens is 304 g/mol. The number of anilines is 1. The van der Waals surface area contributed by atoms with Crippen LogP contribution in [0.15, 0.2) is 48.8 Å². The minimum atomic E-state index is -0.443. The predicted octanol–water partition coefficient (Wildman–Crippen LogP) is 1.40. The SMILES string of the molecule is CN(c1ccc(O)cc1)C(C(=O)N1CCNCC1)c1cccnc1. The highest BCUT2D eigenvalue weighted by molar-refractivity contribution is 5.86. The highest BCUT2D eigenvalue weighted by Crippen LogP contribution is 2.28. The van der Waals surface area contributed by atoms with Crippen LogP contribution in [0.3, 0.4) is 0 Å². The number of phenolic OH excluding ortho intramolecular Hbond substituents is 1. The molecule has 0 spiro atoms. The van der Waals surface area contributed by atoms with Crippen LogP contribution in [-0.4, -0.2) is 54.1 Å². The molecule has 1 aromatic carbocycles. The van der Waals surface area contributed by atoms with Crippen LogP contribution in [-0.2, 0) is 4.79 Å². The summed E-state index contributed by atoms with van der Waals surface area (Å²) in [7, 11) is 1.89. The number of aromatic hydroxyl groups is 1. The molecule has 1 unspecified atom stereocenters. The van der Waals surface area contributed by atoms with E-state index in [1.165, 1.54) is 0 Å². The van der Waals surface area contributed by atoms with Crippen molar-refractivity contribution in [3.63, 3.8) is 0 Å². The molecule has 1 amide bonds. The first-order chi connectivity index (χ1) is 11.7. The lowest BCUT2D eigenvalue weighted by atomic mass is 10.0. The summed E-state index contributed by atoms with van der Waals surface area (Å²) in [6, 6.07) is 10.2. The van der Waals surface area contributed by atoms with Gasteiger partial charge in [0.2, 0.25) is 5.91 Å². The lowest BCUT2D eigenvalue weighted by molar-refractivity contribution is -0.133. The summed E-state index contributed by atoms with van der Waals surface area (Å²) in [5.74, 6) is 0.276. The topological polar surface area (TPSA) is 68.7 Å². The Morgan fingerprint density at radius 1 is 1.25 bits per heavy atom. The number of likely N-dealkylation sites (N-methyl/N-ethyl adjacent to an activating group) is 1. The maximum atomic E-state index is 13.2. The minimum absolute atomic E-state index is 0.0695. The summed E-state index contributed by atoms with van der Waals surface area (Å²) >= 11 is 0. The Bertz CT molecular complexity index is 669. The molecule has 2 heterocycles. The highest BCUT2D eigenvalue weighted by Gasteiger charge is 2.30. The summed E-state index contributed by atoms with van der Waals surface area (Å²) < 4.78 is 0. The molecular formula is C18H22N4O2. The first-order valence-corrected chi connectivity index (χ1v) is 8.08. The zero-order valence-corrected chi connectivity index (χ0v) is 13.7. The van der Waals surface area contributed by atoms with Gasteiger partial charge in [-0.3, -0.25) is 9.78 Å². The molecule has 0 radical (unpaired) electrons. The maximum Gasteiger partial charge on any atom is 0.250 e. The van der Waals surface area contributed by atoms with Crippen LogP contribution >= 0.6 is 0 Å². The monoisotopic (exact) mass is 326 g/mol. The van der Waals surface area contributed by atoms with Gasteiger partial charge in [0.1, 0.15) is 11.8 Å². The number of carbonyl (C=O) groups is 1. The molecule has 126 valence electrons. The fraction of sp³-hybridized carbons (Fsp3) is 0.333. The molecule has 1 fully saturated rings. The maximum absolute atomic E-state index is 13.2. The Kier molecular flexibility index (Phi) is 4.96. The Morgan fingerprint density at radius 3 is 2.58 bits per heavy atom. The van der Waals surface area contributed by atoms with E-state index in [1.807, 2.05) is 41.1 Å². The van der Waals surface area contributed by atoms with Crippen molar-refractivity contribution in [2.75, 3.05) is 38.1 Å². The van der Waals surface area contributed by atoms with Crippen molar-refractivity contribution in [1.82, 2.24) is 15.2 Å². The third-order valence-corrected chi connectivity index (χ3v) is 4.31. The van der Waals surface area contributed by atoms with E-state index in [0.29, 0.717) is 13.1 Å². The van der Waals surface area contributed by atoms with Crippen molar-refractivity contribution in [3.05, 3.63) is 54.4 Å². The summed E-state index contributed by atoms with van der Waals surface area (Å²) in [5.41, 5.74) is 1.72. The van der Waals surface area contributed by atoms with Crippen molar-refractivity contribution >= 4 is 11.6 Å². The number of hydrogen-bond acceptors (Lipinski definition) is 5. The van der Waals surface area contributed by atoms with Crippen LogP contribution in [0.5, 0.6) is 5.75 Å². The first-order valence-electron chi connectivity index (χ1n) is 8.08. The molecule has 1 saturated heterocycles. The van der Waals surface area contributed by atoms with Crippen molar-refractivity contribution in [3.8, 4) is 5.75 Å². The molecule has 0 saturated carbocycles. The lowest BCUT2D eigenvalue weighted by Gasteiger charge is -2.35. The standard InChI is InChI=1S/C18H22N4O2/c1-21(15-4-6-16(23)7-5-15)17(14-3-2-8-20-13-14)18(24)22-11-9-19-10-12-22/h2-8,13,17,19,23H,9-12H2,1H3. The van der Waals surface area contributed by atoms with Gasteiger partial charge in [-0.1, -0.05) is 6.07 Å². The second kappa shape index (κ2) is 7.31. The van der Waals surface area contributed by atoms with Crippen LogP contribution in [0, 0.1) is 0 Å². The highest BCUT2D eigenvalue weighted by atomic mass is 16.3. The van der Waals surface area contributed by atoms with E-state index in [9.17, 15) is 9.90 Å². The smallest absolute Gasteiger partial charge is 0.250 e. The number of phenols is 1. The average Bonchev–Trinajstić information content (AvgIpc) is 2.64. The van der Waals surface area contributed by atoms with E-state index in [2.05, 4.69) is 10.3 Å². The summed E-state index contributed by atoms with van der Waals surface area (Å²) in [6.45, 7) is 3.04. The van der Waals surface area contributed by atoms with Gasteiger partial charge < -0.3 is 20.2 Å². The number of aromatic nitrogens is 1. The number of piperazine rings is 1. The van der Waals surface area contributed by atoms with Crippen LogP contribution in [0.2, 0.25) is 0 Å². The minimum Gasteiger partial charge on any atom is -0.508 e. The van der Waals surface area contributed by atoms with Crippen molar-refractivity contribution < 1.29 is 9.90 Å². The van der Waals surface area contributed by atoms with Gasteiger partial charge in [0.15, 0.2) is 0 Å². The molecule has 2 N–H and O–H groups in total. The Hall–Kier alpha value is -2.60. The lowest BCUT2D eigenvalue weighted by Crippen LogP contribution is -2.50. The Morgan fingerprint density at radius 2 is 1.96 bits per heavy atom. The Labute approximate surface area is 141 Å². The van der Waals surface area contributed by atoms with Crippen LogP contribution < -0.4 is 10.2 Å². The molecule has 0 aliphatic carbocycles. The number of rotatable bonds is 4. The number of pyridine rings is 1. The summed E-state index contributed by atoms with van der Waals surface area (Å²) in [4.78, 5) is 21.2. The van der Waals surface area contributed by atoms with E-state index < -0.39 is 6.04 Å². The largest absolute Gasteiger partial charge is 0.508 e. The number of carbonyl (C=O) groups excluding carboxylic acids is 1. The first kappa shape index (κ1) is 16.3. The number of nitrogens with zero attached hydrogens (tertiary/aromatic N) is 3. The number of benzene rings is 1. The van der Waals surface area contributed by atoms with E-state index >= 15 is 0 Å². The van der Waals surface area contributed by atoms with Crippen LogP contribution in [0.25, 0.3) is 0 Å². The van der Waals surface area contributed by atoms with E-state index in [1.54, 1.807) is 24.5 Å². The molecule has 24 heavy (non-hydrogen) atoms. The second-order valence-electron chi connectivity index (χ2n) is 5.89. The van der Waals surface area contributed by atoms with Crippen LogP contribution in [0.1, 0.15) is 11.6 Å². The summed E-state index contributed by atoms with van der Waals surface area (Å²) in [5, 5.41) is 12.8. The molecule has 1 aromatic heterocycles. The second-order valence-corrected chi connectivity index (χ2v) is 5.89. The molecule has 3 rings (SSSR count). The van der Waals surface area contributed by atoms with E-state index in [-0.39, 0.29) is 11.7 Å². The molecule has 6 heteroatoms. The average molecular weight is 326 g/mol. The fourth-order valence-electron chi connectivity index (χ4n) is 2.96. The van der Waals surface area contributed by atoms with Gasteiger partial charge in [-0.2, -0.15) is 0 Å². The molecule has 1 atom stereocenters. The van der Waals surface area contributed by atoms with Gasteiger partial charge in [0, 0.05) is 56.9 Å². The normalized spacial score (nSPS) is 15.8. The third kappa shape index (κ3) is 3.49. The van der Waals surface area contributed by atoms with Gasteiger partial charge in [-0.05, 0) is 30.3 Å². The summed E-state index contributed by atoms with van der Waals surface area (Å²) in [6.07, 6.45) is 3.44. The molecule has 6 nitrogen and oxygen atoms in total. The van der Waals surface area contributed by atoms with Gasteiger partial charge in [0.05, 0.1) is 0 Å². The van der Waals surface area contributed by atoms with Gasteiger partial charge in [-0.25, -0.2) is 0 Å². The number of amides is 1. The fourth-order valence-corrected chi connectivity index (χ4v) is 2.96. The van der Waals surface area contributed by atoms with Gasteiger partial charge in [0.25, 0.3) is 0 Å². The zero-order valence-electron chi connectivity index (χ0n) is 13.7. The molecule has 2 aromatic rings. The van der Waals surface area contributed by atoms with Gasteiger partial charge >= 0.3 is 0 Å². The molecule has 1 aliphatic heterocycles.